The minimum Gasteiger partial charge on any atom is -0.340 e. The molecule has 1 aliphatic rings. The first-order valence-corrected chi connectivity index (χ1v) is 11.5. The third-order valence-corrected chi connectivity index (χ3v) is 6.20. The van der Waals surface area contributed by atoms with Gasteiger partial charge in [-0.15, -0.1) is 0 Å². The highest BCUT2D eigenvalue weighted by atomic mass is 19.1. The lowest BCUT2D eigenvalue weighted by atomic mass is 9.99. The number of imidazole rings is 1. The third kappa shape index (κ3) is 4.54. The average Bonchev–Trinajstić information content (AvgIpc) is 3.16. The van der Waals surface area contributed by atoms with Crippen LogP contribution in [0.2, 0.25) is 0 Å². The van der Waals surface area contributed by atoms with Gasteiger partial charge in [-0.3, -0.25) is 4.79 Å². The second-order valence-corrected chi connectivity index (χ2v) is 8.53. The molecule has 5 nitrogen and oxygen atoms in total. The van der Waals surface area contributed by atoms with Crippen LogP contribution in [0.1, 0.15) is 44.5 Å². The molecule has 1 aliphatic heterocycles. The fraction of sp³-hybridized carbons (Fsp3) is 0.385. The summed E-state index contributed by atoms with van der Waals surface area (Å²) in [7, 11) is 0. The van der Waals surface area contributed by atoms with Gasteiger partial charge in [0.25, 0.3) is 0 Å². The predicted octanol–water partition coefficient (Wildman–Crippen LogP) is 5.91. The molecule has 3 aromatic rings. The average molecular weight is 435 g/mol. The monoisotopic (exact) mass is 434 g/mol. The molecule has 4 rings (SSSR count). The molecule has 1 amide bonds. The predicted molar refractivity (Wildman–Crippen MR) is 126 cm³/mol. The fourth-order valence-electron chi connectivity index (χ4n) is 4.34. The van der Waals surface area contributed by atoms with Gasteiger partial charge in [0.2, 0.25) is 5.91 Å². The molecule has 0 bridgehead atoms. The highest BCUT2D eigenvalue weighted by molar-refractivity contribution is 5.80. The molecule has 168 valence electrons. The molecule has 0 saturated carbocycles. The zero-order valence-electron chi connectivity index (χ0n) is 19.1. The van der Waals surface area contributed by atoms with Crippen molar-refractivity contribution in [1.82, 2.24) is 14.5 Å². The van der Waals surface area contributed by atoms with E-state index < -0.39 is 0 Å². The van der Waals surface area contributed by atoms with Crippen molar-refractivity contribution in [1.29, 1.82) is 0 Å². The second kappa shape index (κ2) is 9.55. The Labute approximate surface area is 189 Å². The van der Waals surface area contributed by atoms with Crippen molar-refractivity contribution in [2.24, 2.45) is 5.92 Å². The number of aromatic nitrogens is 2. The summed E-state index contributed by atoms with van der Waals surface area (Å²) >= 11 is 0. The first-order valence-electron chi connectivity index (χ1n) is 11.5. The van der Waals surface area contributed by atoms with Gasteiger partial charge < -0.3 is 14.8 Å². The number of benzene rings is 2. The quantitative estimate of drug-likeness (QED) is 0.503. The molecule has 0 unspecified atom stereocenters. The first-order chi connectivity index (χ1) is 15.5. The highest BCUT2D eigenvalue weighted by Crippen LogP contribution is 2.34. The maximum absolute atomic E-state index is 13.5. The Morgan fingerprint density at radius 2 is 1.81 bits per heavy atom. The van der Waals surface area contributed by atoms with Crippen molar-refractivity contribution in [2.75, 3.05) is 11.9 Å². The van der Waals surface area contributed by atoms with Gasteiger partial charge >= 0.3 is 0 Å². The second-order valence-electron chi connectivity index (χ2n) is 8.53. The molecule has 0 aliphatic carbocycles. The van der Waals surface area contributed by atoms with E-state index in [1.165, 1.54) is 17.7 Å². The van der Waals surface area contributed by atoms with E-state index in [1.807, 2.05) is 17.0 Å². The zero-order chi connectivity index (χ0) is 22.7. The fourth-order valence-corrected chi connectivity index (χ4v) is 4.34. The van der Waals surface area contributed by atoms with Crippen molar-refractivity contribution in [3.8, 4) is 11.3 Å². The standard InChI is InChI=1S/C26H31FN4O/c1-4-6-19(5-2)26(32)30-15-16-31-23(17-30)29-24(20-9-11-21(27)12-10-20)25(31)28-22-13-7-18(3)8-14-22/h7-14,19,28H,4-6,15-17H2,1-3H3/t19-/m0/s1. The summed E-state index contributed by atoms with van der Waals surface area (Å²) in [6.07, 6.45) is 2.78. The molecule has 0 saturated heterocycles. The molecular formula is C26H31FN4O. The molecular weight excluding hydrogens is 403 g/mol. The van der Waals surface area contributed by atoms with Crippen LogP contribution < -0.4 is 5.32 Å². The first kappa shape index (κ1) is 22.1. The number of anilines is 2. The summed E-state index contributed by atoms with van der Waals surface area (Å²) in [5.41, 5.74) is 3.78. The molecule has 2 heterocycles. The molecule has 32 heavy (non-hydrogen) atoms. The van der Waals surface area contributed by atoms with Crippen LogP contribution in [0.5, 0.6) is 0 Å². The SMILES string of the molecule is CCC[C@H](CC)C(=O)N1CCn2c(nc(-c3ccc(F)cc3)c2Nc2ccc(C)cc2)C1. The molecule has 1 N–H and O–H groups in total. The third-order valence-electron chi connectivity index (χ3n) is 6.20. The summed E-state index contributed by atoms with van der Waals surface area (Å²) < 4.78 is 15.7. The van der Waals surface area contributed by atoms with Crippen LogP contribution in [0.4, 0.5) is 15.9 Å². The lowest BCUT2D eigenvalue weighted by Gasteiger charge is -2.31. The number of halogens is 1. The maximum Gasteiger partial charge on any atom is 0.226 e. The molecule has 2 aromatic carbocycles. The lowest BCUT2D eigenvalue weighted by Crippen LogP contribution is -2.41. The Bertz CT molecular complexity index is 1070. The van der Waals surface area contributed by atoms with E-state index in [2.05, 4.69) is 42.8 Å². The topological polar surface area (TPSA) is 50.2 Å². The smallest absolute Gasteiger partial charge is 0.226 e. The van der Waals surface area contributed by atoms with Crippen LogP contribution >= 0.6 is 0 Å². The summed E-state index contributed by atoms with van der Waals surface area (Å²) in [6, 6.07) is 14.6. The number of hydrogen-bond donors (Lipinski definition) is 1. The number of carbonyl (C=O) groups excluding carboxylic acids is 1. The van der Waals surface area contributed by atoms with Gasteiger partial charge in [0.15, 0.2) is 0 Å². The van der Waals surface area contributed by atoms with Crippen molar-refractivity contribution in [2.45, 2.75) is 53.1 Å². The Hall–Kier alpha value is -3.15. The molecule has 1 atom stereocenters. The molecule has 0 spiro atoms. The Balaban J connectivity index is 1.68. The number of hydrogen-bond acceptors (Lipinski definition) is 3. The van der Waals surface area contributed by atoms with E-state index >= 15 is 0 Å². The van der Waals surface area contributed by atoms with Gasteiger partial charge in [0.1, 0.15) is 23.2 Å². The van der Waals surface area contributed by atoms with Gasteiger partial charge in [0, 0.05) is 30.3 Å². The minimum absolute atomic E-state index is 0.0724. The number of fused-ring (bicyclic) bond motifs is 1. The van der Waals surface area contributed by atoms with Crippen LogP contribution in [0.25, 0.3) is 11.3 Å². The van der Waals surface area contributed by atoms with Gasteiger partial charge in [-0.25, -0.2) is 9.37 Å². The summed E-state index contributed by atoms with van der Waals surface area (Å²) in [4.78, 5) is 19.9. The van der Waals surface area contributed by atoms with Crippen LogP contribution in [0.15, 0.2) is 48.5 Å². The molecule has 0 radical (unpaired) electrons. The minimum atomic E-state index is -0.274. The molecule has 1 aromatic heterocycles. The van der Waals surface area contributed by atoms with E-state index in [1.54, 1.807) is 12.1 Å². The summed E-state index contributed by atoms with van der Waals surface area (Å²) in [6.45, 7) is 8.08. The normalized spacial score (nSPS) is 14.2. The van der Waals surface area contributed by atoms with Crippen molar-refractivity contribution in [3.05, 3.63) is 65.7 Å². The van der Waals surface area contributed by atoms with Gasteiger partial charge in [-0.05, 0) is 56.2 Å². The Morgan fingerprint density at radius 1 is 1.09 bits per heavy atom. The Morgan fingerprint density at radius 3 is 2.47 bits per heavy atom. The van der Waals surface area contributed by atoms with Crippen LogP contribution in [-0.2, 0) is 17.9 Å². The van der Waals surface area contributed by atoms with Crippen molar-refractivity contribution >= 4 is 17.4 Å². The number of aryl methyl sites for hydroxylation is 1. The van der Waals surface area contributed by atoms with E-state index in [0.717, 1.165) is 47.8 Å². The largest absolute Gasteiger partial charge is 0.340 e. The van der Waals surface area contributed by atoms with Crippen LogP contribution in [0, 0.1) is 18.7 Å². The number of rotatable bonds is 7. The van der Waals surface area contributed by atoms with E-state index in [4.69, 9.17) is 4.98 Å². The van der Waals surface area contributed by atoms with Crippen LogP contribution in [0.3, 0.4) is 0 Å². The summed E-state index contributed by atoms with van der Waals surface area (Å²) in [5.74, 6) is 1.75. The number of nitrogens with zero attached hydrogens (tertiary/aromatic N) is 3. The van der Waals surface area contributed by atoms with E-state index in [9.17, 15) is 9.18 Å². The van der Waals surface area contributed by atoms with Crippen molar-refractivity contribution in [3.63, 3.8) is 0 Å². The zero-order valence-corrected chi connectivity index (χ0v) is 19.1. The summed E-state index contributed by atoms with van der Waals surface area (Å²) in [5, 5.41) is 3.52. The van der Waals surface area contributed by atoms with Gasteiger partial charge in [0.05, 0.1) is 6.54 Å². The van der Waals surface area contributed by atoms with Crippen molar-refractivity contribution < 1.29 is 9.18 Å². The van der Waals surface area contributed by atoms with E-state index in [-0.39, 0.29) is 17.6 Å². The van der Waals surface area contributed by atoms with Crippen LogP contribution in [-0.4, -0.2) is 26.9 Å². The van der Waals surface area contributed by atoms with Gasteiger partial charge in [-0.2, -0.15) is 0 Å². The molecule has 0 fully saturated rings. The number of nitrogens with one attached hydrogen (secondary N) is 1. The van der Waals surface area contributed by atoms with E-state index in [0.29, 0.717) is 19.6 Å². The van der Waals surface area contributed by atoms with Gasteiger partial charge in [-0.1, -0.05) is 38.0 Å². The number of carbonyl (C=O) groups is 1. The lowest BCUT2D eigenvalue weighted by molar-refractivity contribution is -0.137. The number of amides is 1. The Kier molecular flexibility index (Phi) is 6.58. The maximum atomic E-state index is 13.5. The highest BCUT2D eigenvalue weighted by Gasteiger charge is 2.29. The molecule has 6 heteroatoms.